The van der Waals surface area contributed by atoms with Crippen LogP contribution in [0.4, 0.5) is 0 Å². The van der Waals surface area contributed by atoms with Gasteiger partial charge in [0.05, 0.1) is 29.1 Å². The predicted octanol–water partition coefficient (Wildman–Crippen LogP) is 4.15. The van der Waals surface area contributed by atoms with Gasteiger partial charge in [-0.2, -0.15) is 0 Å². The van der Waals surface area contributed by atoms with E-state index in [2.05, 4.69) is 49.4 Å². The second-order valence-electron chi connectivity index (χ2n) is 8.13. The lowest BCUT2D eigenvalue weighted by molar-refractivity contribution is 0.202. The highest BCUT2D eigenvalue weighted by molar-refractivity contribution is 7.09. The van der Waals surface area contributed by atoms with Crippen LogP contribution in [-0.2, 0) is 19.5 Å². The molecule has 0 saturated carbocycles. The Morgan fingerprint density at radius 1 is 0.935 bits per heavy atom. The van der Waals surface area contributed by atoms with Crippen molar-refractivity contribution in [1.29, 1.82) is 0 Å². The van der Waals surface area contributed by atoms with Crippen LogP contribution in [-0.4, -0.2) is 43.0 Å². The minimum Gasteiger partial charge on any atom is -0.297 e. The fourth-order valence-corrected chi connectivity index (χ4v) is 4.92. The van der Waals surface area contributed by atoms with E-state index in [0.717, 1.165) is 37.4 Å². The monoisotopic (exact) mass is 430 g/mol. The molecule has 1 fully saturated rings. The molecule has 6 nitrogen and oxygen atoms in total. The first-order valence-electron chi connectivity index (χ1n) is 10.8. The molecule has 158 valence electrons. The second-order valence-corrected chi connectivity index (χ2v) is 9.11. The minimum absolute atomic E-state index is 0.632. The normalized spacial score (nSPS) is 15.4. The summed E-state index contributed by atoms with van der Waals surface area (Å²) in [6.45, 7) is 3.70. The van der Waals surface area contributed by atoms with Crippen molar-refractivity contribution in [3.63, 3.8) is 0 Å². The molecule has 1 aliphatic heterocycles. The van der Waals surface area contributed by atoms with E-state index in [9.17, 15) is 0 Å². The Bertz CT molecular complexity index is 1080. The fraction of sp³-hybridized carbons (Fsp3) is 0.333. The Balaban J connectivity index is 1.14. The van der Waals surface area contributed by atoms with Crippen LogP contribution in [0.2, 0.25) is 0 Å². The molecular formula is C24H26N6S. The largest absolute Gasteiger partial charge is 0.297 e. The first-order valence-corrected chi connectivity index (χ1v) is 11.7. The summed E-state index contributed by atoms with van der Waals surface area (Å²) >= 11 is 1.73. The summed E-state index contributed by atoms with van der Waals surface area (Å²) < 4.78 is 1.87. The third-order valence-corrected chi connectivity index (χ3v) is 6.65. The number of thiazole rings is 1. The van der Waals surface area contributed by atoms with Gasteiger partial charge in [-0.3, -0.25) is 9.88 Å². The van der Waals surface area contributed by atoms with Gasteiger partial charge < -0.3 is 0 Å². The summed E-state index contributed by atoms with van der Waals surface area (Å²) in [7, 11) is 0. The van der Waals surface area contributed by atoms with Gasteiger partial charge in [0.15, 0.2) is 0 Å². The van der Waals surface area contributed by atoms with Crippen molar-refractivity contribution in [2.24, 2.45) is 0 Å². The SMILES string of the molecule is c1ccc(Cn2cc(CN3CCC(c4cccc(Cc5nccs5)c4)CC3)nn2)nc1. The molecule has 4 aromatic rings. The third-order valence-electron chi connectivity index (χ3n) is 5.87. The third kappa shape index (κ3) is 5.24. The van der Waals surface area contributed by atoms with E-state index in [4.69, 9.17) is 0 Å². The zero-order chi connectivity index (χ0) is 20.9. The highest BCUT2D eigenvalue weighted by Crippen LogP contribution is 2.29. The first-order chi connectivity index (χ1) is 15.3. The smallest absolute Gasteiger partial charge is 0.0968 e. The Morgan fingerprint density at radius 2 is 1.87 bits per heavy atom. The molecule has 1 aliphatic rings. The number of pyridine rings is 1. The number of hydrogen-bond acceptors (Lipinski definition) is 6. The Labute approximate surface area is 186 Å². The van der Waals surface area contributed by atoms with Crippen LogP contribution in [0.15, 0.2) is 66.4 Å². The van der Waals surface area contributed by atoms with Crippen molar-refractivity contribution in [2.75, 3.05) is 13.1 Å². The van der Waals surface area contributed by atoms with Crippen LogP contribution in [0.3, 0.4) is 0 Å². The maximum absolute atomic E-state index is 4.42. The summed E-state index contributed by atoms with van der Waals surface area (Å²) in [6, 6.07) is 15.0. The summed E-state index contributed by atoms with van der Waals surface area (Å²) in [5.41, 5.74) is 4.85. The molecule has 0 aliphatic carbocycles. The lowest BCUT2D eigenvalue weighted by Crippen LogP contribution is -2.32. The molecule has 0 bridgehead atoms. The van der Waals surface area contributed by atoms with Crippen LogP contribution < -0.4 is 0 Å². The summed E-state index contributed by atoms with van der Waals surface area (Å²) in [5, 5.41) is 11.9. The van der Waals surface area contributed by atoms with E-state index < -0.39 is 0 Å². The molecule has 0 atom stereocenters. The number of aromatic nitrogens is 5. The molecule has 1 saturated heterocycles. The van der Waals surface area contributed by atoms with Gasteiger partial charge in [0.25, 0.3) is 0 Å². The van der Waals surface area contributed by atoms with E-state index >= 15 is 0 Å². The number of likely N-dealkylation sites (tertiary alicyclic amines) is 1. The van der Waals surface area contributed by atoms with E-state index in [-0.39, 0.29) is 0 Å². The molecule has 3 aromatic heterocycles. The van der Waals surface area contributed by atoms with Gasteiger partial charge in [0, 0.05) is 30.7 Å². The van der Waals surface area contributed by atoms with Crippen molar-refractivity contribution in [3.05, 3.63) is 94.0 Å². The van der Waals surface area contributed by atoms with Gasteiger partial charge in [-0.1, -0.05) is 35.5 Å². The summed E-state index contributed by atoms with van der Waals surface area (Å²) in [4.78, 5) is 11.3. The maximum Gasteiger partial charge on any atom is 0.0968 e. The molecular weight excluding hydrogens is 404 g/mol. The predicted molar refractivity (Wildman–Crippen MR) is 122 cm³/mol. The van der Waals surface area contributed by atoms with Gasteiger partial charge in [-0.15, -0.1) is 16.4 Å². The van der Waals surface area contributed by atoms with Crippen LogP contribution in [0.1, 0.15) is 46.3 Å². The summed E-state index contributed by atoms with van der Waals surface area (Å²) in [5.74, 6) is 0.632. The molecule has 31 heavy (non-hydrogen) atoms. The van der Waals surface area contributed by atoms with Gasteiger partial charge in [0.2, 0.25) is 0 Å². The van der Waals surface area contributed by atoms with E-state index in [1.165, 1.54) is 29.0 Å². The Hall–Kier alpha value is -2.90. The quantitative estimate of drug-likeness (QED) is 0.441. The van der Waals surface area contributed by atoms with E-state index in [1.54, 1.807) is 11.3 Å². The van der Waals surface area contributed by atoms with E-state index in [1.807, 2.05) is 46.9 Å². The number of piperidine rings is 1. The highest BCUT2D eigenvalue weighted by Gasteiger charge is 2.21. The number of benzene rings is 1. The van der Waals surface area contributed by atoms with Gasteiger partial charge in [-0.25, -0.2) is 9.67 Å². The van der Waals surface area contributed by atoms with E-state index in [0.29, 0.717) is 12.5 Å². The molecule has 5 rings (SSSR count). The van der Waals surface area contributed by atoms with Gasteiger partial charge in [0.1, 0.15) is 0 Å². The lowest BCUT2D eigenvalue weighted by atomic mass is 9.88. The molecule has 7 heteroatoms. The average molecular weight is 431 g/mol. The van der Waals surface area contributed by atoms with Crippen LogP contribution in [0, 0.1) is 0 Å². The molecule has 1 aromatic carbocycles. The van der Waals surface area contributed by atoms with Crippen LogP contribution in [0.25, 0.3) is 0 Å². The number of nitrogens with zero attached hydrogens (tertiary/aromatic N) is 6. The first kappa shape index (κ1) is 20.0. The zero-order valence-electron chi connectivity index (χ0n) is 17.5. The van der Waals surface area contributed by atoms with Crippen molar-refractivity contribution in [1.82, 2.24) is 29.9 Å². The van der Waals surface area contributed by atoms with Crippen LogP contribution >= 0.6 is 11.3 Å². The fourth-order valence-electron chi connectivity index (χ4n) is 4.27. The van der Waals surface area contributed by atoms with Crippen molar-refractivity contribution >= 4 is 11.3 Å². The Morgan fingerprint density at radius 3 is 2.68 bits per heavy atom. The molecule has 0 N–H and O–H groups in total. The second kappa shape index (κ2) is 9.49. The molecule has 0 spiro atoms. The molecule has 0 radical (unpaired) electrons. The van der Waals surface area contributed by atoms with Crippen molar-refractivity contribution in [2.45, 2.75) is 38.3 Å². The minimum atomic E-state index is 0.632. The Kier molecular flexibility index (Phi) is 6.13. The number of hydrogen-bond donors (Lipinski definition) is 0. The van der Waals surface area contributed by atoms with Crippen molar-refractivity contribution in [3.8, 4) is 0 Å². The van der Waals surface area contributed by atoms with Gasteiger partial charge >= 0.3 is 0 Å². The van der Waals surface area contributed by atoms with Crippen LogP contribution in [0.5, 0.6) is 0 Å². The molecule has 4 heterocycles. The standard InChI is InChI=1S/C24H26N6S/c1-2-9-25-22(6-1)17-30-18-23(27-28-30)16-29-11-7-20(8-12-29)21-5-3-4-19(14-21)15-24-26-10-13-31-24/h1-6,9-10,13-14,18,20H,7-8,11-12,15-17H2. The average Bonchev–Trinajstić information content (AvgIpc) is 3.47. The van der Waals surface area contributed by atoms with Crippen molar-refractivity contribution < 1.29 is 0 Å². The molecule has 0 amide bonds. The lowest BCUT2D eigenvalue weighted by Gasteiger charge is -2.31. The topological polar surface area (TPSA) is 59.7 Å². The van der Waals surface area contributed by atoms with Gasteiger partial charge in [-0.05, 0) is 55.1 Å². The maximum atomic E-state index is 4.42. The summed E-state index contributed by atoms with van der Waals surface area (Å²) in [6.07, 6.45) is 9.04. The molecule has 0 unspecified atom stereocenters. The zero-order valence-corrected chi connectivity index (χ0v) is 18.3. The highest BCUT2D eigenvalue weighted by atomic mass is 32.1. The number of rotatable bonds is 7.